The summed E-state index contributed by atoms with van der Waals surface area (Å²) in [7, 11) is 1.25. The van der Waals surface area contributed by atoms with Crippen molar-refractivity contribution in [3.8, 4) is 0 Å². The Morgan fingerprint density at radius 3 is 2.30 bits per heavy atom. The van der Waals surface area contributed by atoms with Crippen LogP contribution in [0.4, 0.5) is 4.79 Å². The van der Waals surface area contributed by atoms with Crippen molar-refractivity contribution in [2.75, 3.05) is 13.7 Å². The molecule has 1 aliphatic rings. The maximum absolute atomic E-state index is 12.8. The summed E-state index contributed by atoms with van der Waals surface area (Å²) < 4.78 is 9.97. The van der Waals surface area contributed by atoms with E-state index < -0.39 is 29.7 Å². The fraction of sp³-hybridized carbons (Fsp3) is 0.812. The Morgan fingerprint density at radius 1 is 1.22 bits per heavy atom. The molecule has 132 valence electrons. The number of rotatable bonds is 4. The molecule has 2 atom stereocenters. The van der Waals surface area contributed by atoms with Crippen LogP contribution in [0, 0.1) is 5.92 Å². The number of esters is 1. The molecule has 0 bridgehead atoms. The highest BCUT2D eigenvalue weighted by Gasteiger charge is 2.40. The van der Waals surface area contributed by atoms with E-state index in [9.17, 15) is 14.4 Å². The highest BCUT2D eigenvalue weighted by molar-refractivity contribution is 5.90. The van der Waals surface area contributed by atoms with E-state index in [0.717, 1.165) is 6.42 Å². The van der Waals surface area contributed by atoms with Gasteiger partial charge in [-0.25, -0.2) is 9.59 Å². The average Bonchev–Trinajstić information content (AvgIpc) is 2.90. The Hall–Kier alpha value is -1.79. The van der Waals surface area contributed by atoms with Gasteiger partial charge in [-0.1, -0.05) is 13.8 Å². The van der Waals surface area contributed by atoms with Crippen LogP contribution in [0.3, 0.4) is 0 Å². The minimum Gasteiger partial charge on any atom is -0.458 e. The summed E-state index contributed by atoms with van der Waals surface area (Å²) >= 11 is 0. The SMILES string of the molecule is COC(=O)N[C@@H](C(=O)N1CCC[C@H]1C(=O)OC(C)(C)C)C(C)C. The van der Waals surface area contributed by atoms with Crippen LogP contribution in [0.25, 0.3) is 0 Å². The van der Waals surface area contributed by atoms with E-state index in [0.29, 0.717) is 13.0 Å². The topological polar surface area (TPSA) is 84.9 Å². The van der Waals surface area contributed by atoms with Gasteiger partial charge in [-0.2, -0.15) is 0 Å². The van der Waals surface area contributed by atoms with E-state index in [1.165, 1.54) is 12.0 Å². The van der Waals surface area contributed by atoms with E-state index in [-0.39, 0.29) is 11.8 Å². The molecule has 2 amide bonds. The number of carbonyl (C=O) groups is 3. The van der Waals surface area contributed by atoms with Crippen LogP contribution in [0.15, 0.2) is 0 Å². The number of methoxy groups -OCH3 is 1. The lowest BCUT2D eigenvalue weighted by molar-refractivity contribution is -0.163. The fourth-order valence-corrected chi connectivity index (χ4v) is 2.52. The number of carbonyl (C=O) groups excluding carboxylic acids is 3. The zero-order chi connectivity index (χ0) is 17.8. The smallest absolute Gasteiger partial charge is 0.407 e. The molecular weight excluding hydrogens is 300 g/mol. The lowest BCUT2D eigenvalue weighted by atomic mass is 10.0. The van der Waals surface area contributed by atoms with Crippen molar-refractivity contribution in [3.63, 3.8) is 0 Å². The zero-order valence-electron chi connectivity index (χ0n) is 14.8. The van der Waals surface area contributed by atoms with Crippen molar-refractivity contribution in [2.45, 2.75) is 65.1 Å². The normalized spacial score (nSPS) is 19.4. The van der Waals surface area contributed by atoms with Crippen LogP contribution in [0.5, 0.6) is 0 Å². The van der Waals surface area contributed by atoms with Crippen molar-refractivity contribution in [2.24, 2.45) is 5.92 Å². The molecule has 0 unspecified atom stereocenters. The number of nitrogens with zero attached hydrogens (tertiary/aromatic N) is 1. The zero-order valence-corrected chi connectivity index (χ0v) is 14.8. The first-order valence-corrected chi connectivity index (χ1v) is 7.94. The lowest BCUT2D eigenvalue weighted by Crippen LogP contribution is -2.54. The second-order valence-corrected chi connectivity index (χ2v) is 7.08. The third-order valence-electron chi connectivity index (χ3n) is 3.61. The Balaban J connectivity index is 2.86. The van der Waals surface area contributed by atoms with Gasteiger partial charge in [0.05, 0.1) is 7.11 Å². The molecule has 7 heteroatoms. The number of alkyl carbamates (subject to hydrolysis) is 1. The quantitative estimate of drug-likeness (QED) is 0.794. The first-order chi connectivity index (χ1) is 10.6. The number of hydrogen-bond donors (Lipinski definition) is 1. The van der Waals surface area contributed by atoms with Crippen molar-refractivity contribution < 1.29 is 23.9 Å². The van der Waals surface area contributed by atoms with Gasteiger partial charge in [-0.15, -0.1) is 0 Å². The molecule has 1 saturated heterocycles. The van der Waals surface area contributed by atoms with Gasteiger partial charge in [0.25, 0.3) is 0 Å². The monoisotopic (exact) mass is 328 g/mol. The maximum Gasteiger partial charge on any atom is 0.407 e. The fourth-order valence-electron chi connectivity index (χ4n) is 2.52. The van der Waals surface area contributed by atoms with Crippen molar-refractivity contribution in [3.05, 3.63) is 0 Å². The molecule has 7 nitrogen and oxygen atoms in total. The van der Waals surface area contributed by atoms with Crippen LogP contribution < -0.4 is 5.32 Å². The first-order valence-electron chi connectivity index (χ1n) is 7.94. The second kappa shape index (κ2) is 7.66. The Bertz CT molecular complexity index is 456. The van der Waals surface area contributed by atoms with E-state index in [2.05, 4.69) is 10.1 Å². The third kappa shape index (κ3) is 5.41. The molecule has 0 saturated carbocycles. The van der Waals surface area contributed by atoms with Gasteiger partial charge < -0.3 is 19.7 Å². The molecule has 0 aromatic carbocycles. The van der Waals surface area contributed by atoms with Gasteiger partial charge in [0, 0.05) is 6.54 Å². The molecule has 1 aliphatic heterocycles. The van der Waals surface area contributed by atoms with E-state index >= 15 is 0 Å². The van der Waals surface area contributed by atoms with Gasteiger partial charge in [-0.3, -0.25) is 4.79 Å². The summed E-state index contributed by atoms with van der Waals surface area (Å²) in [5.41, 5.74) is -0.601. The van der Waals surface area contributed by atoms with Crippen LogP contribution >= 0.6 is 0 Å². The molecule has 0 aromatic rings. The van der Waals surface area contributed by atoms with Gasteiger partial charge in [0.2, 0.25) is 5.91 Å². The van der Waals surface area contributed by atoms with Crippen LogP contribution in [-0.2, 0) is 19.1 Å². The van der Waals surface area contributed by atoms with Gasteiger partial charge in [0.1, 0.15) is 17.7 Å². The van der Waals surface area contributed by atoms with Crippen molar-refractivity contribution in [1.29, 1.82) is 0 Å². The molecule has 1 N–H and O–H groups in total. The largest absolute Gasteiger partial charge is 0.458 e. The number of hydrogen-bond acceptors (Lipinski definition) is 5. The average molecular weight is 328 g/mol. The summed E-state index contributed by atoms with van der Waals surface area (Å²) in [6.45, 7) is 9.52. The minimum absolute atomic E-state index is 0.124. The third-order valence-corrected chi connectivity index (χ3v) is 3.61. The van der Waals surface area contributed by atoms with E-state index in [1.54, 1.807) is 20.8 Å². The molecular formula is C16H28N2O5. The highest BCUT2D eigenvalue weighted by Crippen LogP contribution is 2.23. The van der Waals surface area contributed by atoms with Crippen LogP contribution in [-0.4, -0.2) is 54.2 Å². The second-order valence-electron chi connectivity index (χ2n) is 7.08. The van der Waals surface area contributed by atoms with Crippen LogP contribution in [0.1, 0.15) is 47.5 Å². The van der Waals surface area contributed by atoms with Gasteiger partial charge >= 0.3 is 12.1 Å². The van der Waals surface area contributed by atoms with Gasteiger partial charge in [0.15, 0.2) is 0 Å². The number of ether oxygens (including phenoxy) is 2. The molecule has 0 aromatic heterocycles. The summed E-state index contributed by atoms with van der Waals surface area (Å²) in [4.78, 5) is 38.0. The van der Waals surface area contributed by atoms with Crippen LogP contribution in [0.2, 0.25) is 0 Å². The minimum atomic E-state index is -0.731. The van der Waals surface area contributed by atoms with Crippen molar-refractivity contribution >= 4 is 18.0 Å². The molecule has 1 heterocycles. The molecule has 23 heavy (non-hydrogen) atoms. The summed E-state index contributed by atoms with van der Waals surface area (Å²) in [6.07, 6.45) is 0.646. The highest BCUT2D eigenvalue weighted by atomic mass is 16.6. The predicted octanol–water partition coefficient (Wildman–Crippen LogP) is 1.70. The van der Waals surface area contributed by atoms with Crippen molar-refractivity contribution in [1.82, 2.24) is 10.2 Å². The summed E-state index contributed by atoms with van der Waals surface area (Å²) in [5.74, 6) is -0.802. The standard InChI is InChI=1S/C16H28N2O5/c1-10(2)12(17-15(21)22-6)13(19)18-9-7-8-11(18)14(20)23-16(3,4)5/h10-12H,7-9H2,1-6H3,(H,17,21)/t11-,12+/m0/s1. The molecule has 0 aliphatic carbocycles. The Labute approximate surface area is 137 Å². The number of amides is 2. The molecule has 1 fully saturated rings. The molecule has 0 spiro atoms. The predicted molar refractivity (Wildman–Crippen MR) is 84.7 cm³/mol. The molecule has 1 rings (SSSR count). The lowest BCUT2D eigenvalue weighted by Gasteiger charge is -2.31. The van der Waals surface area contributed by atoms with E-state index in [1.807, 2.05) is 13.8 Å². The van der Waals surface area contributed by atoms with E-state index in [4.69, 9.17) is 4.74 Å². The summed E-state index contributed by atoms with van der Waals surface area (Å²) in [6, 6.07) is -1.33. The Morgan fingerprint density at radius 2 is 1.83 bits per heavy atom. The Kier molecular flexibility index (Phi) is 6.41. The first kappa shape index (κ1) is 19.3. The number of nitrogens with one attached hydrogen (secondary N) is 1. The molecule has 0 radical (unpaired) electrons. The number of likely N-dealkylation sites (tertiary alicyclic amines) is 1. The van der Waals surface area contributed by atoms with Gasteiger partial charge in [-0.05, 0) is 39.5 Å². The maximum atomic E-state index is 12.8. The summed E-state index contributed by atoms with van der Waals surface area (Å²) in [5, 5.41) is 2.55.